The molecule has 2 N–H and O–H groups in total. The van der Waals surface area contributed by atoms with E-state index in [-0.39, 0.29) is 5.54 Å². The Morgan fingerprint density at radius 1 is 0.952 bits per heavy atom. The van der Waals surface area contributed by atoms with Gasteiger partial charge in [-0.2, -0.15) is 0 Å². The molecular formula is C19H22IN. The lowest BCUT2D eigenvalue weighted by Crippen LogP contribution is -2.45. The van der Waals surface area contributed by atoms with Gasteiger partial charge in [-0.1, -0.05) is 42.5 Å². The molecule has 1 nitrogen and oxygen atoms in total. The van der Waals surface area contributed by atoms with Gasteiger partial charge in [0.15, 0.2) is 0 Å². The number of hydrogen-bond acceptors (Lipinski definition) is 1. The maximum absolute atomic E-state index is 6.67. The third-order valence-electron chi connectivity index (χ3n) is 4.72. The molecule has 110 valence electrons. The van der Waals surface area contributed by atoms with Gasteiger partial charge in [0.1, 0.15) is 0 Å². The first-order valence-electron chi connectivity index (χ1n) is 7.73. The molecule has 3 rings (SSSR count). The molecule has 2 heteroatoms. The van der Waals surface area contributed by atoms with E-state index in [1.54, 1.807) is 0 Å². The molecule has 0 amide bonds. The number of halogens is 1. The Hall–Kier alpha value is -0.870. The average molecular weight is 391 g/mol. The second-order valence-corrected chi connectivity index (χ2v) is 7.60. The predicted molar refractivity (Wildman–Crippen MR) is 97.4 cm³/mol. The van der Waals surface area contributed by atoms with Crippen molar-refractivity contribution in [2.45, 2.75) is 43.6 Å². The summed E-state index contributed by atoms with van der Waals surface area (Å²) in [4.78, 5) is 0. The van der Waals surface area contributed by atoms with E-state index in [1.165, 1.54) is 27.5 Å². The van der Waals surface area contributed by atoms with Crippen LogP contribution in [0.1, 0.15) is 42.7 Å². The van der Waals surface area contributed by atoms with Crippen LogP contribution in [0.25, 0.3) is 0 Å². The van der Waals surface area contributed by atoms with E-state index in [1.807, 2.05) is 0 Å². The molecule has 1 saturated carbocycles. The minimum Gasteiger partial charge on any atom is -0.325 e. The molecular weight excluding hydrogens is 369 g/mol. The fourth-order valence-corrected chi connectivity index (χ4v) is 3.80. The monoisotopic (exact) mass is 391 g/mol. The van der Waals surface area contributed by atoms with Crippen molar-refractivity contribution in [2.24, 2.45) is 5.73 Å². The number of benzene rings is 2. The first kappa shape index (κ1) is 15.0. The third kappa shape index (κ3) is 3.86. The highest BCUT2D eigenvalue weighted by Gasteiger charge is 2.32. The lowest BCUT2D eigenvalue weighted by atomic mass is 9.72. The van der Waals surface area contributed by atoms with E-state index in [0.717, 1.165) is 19.3 Å². The van der Waals surface area contributed by atoms with Crippen LogP contribution in [0, 0.1) is 3.57 Å². The zero-order chi connectivity index (χ0) is 14.7. The van der Waals surface area contributed by atoms with Crippen LogP contribution >= 0.6 is 22.6 Å². The summed E-state index contributed by atoms with van der Waals surface area (Å²) < 4.78 is 1.29. The van der Waals surface area contributed by atoms with Gasteiger partial charge in [0.2, 0.25) is 0 Å². The quantitative estimate of drug-likeness (QED) is 0.741. The molecule has 21 heavy (non-hydrogen) atoms. The lowest BCUT2D eigenvalue weighted by molar-refractivity contribution is 0.271. The Balaban J connectivity index is 1.62. The smallest absolute Gasteiger partial charge is 0.0195 e. The van der Waals surface area contributed by atoms with Crippen molar-refractivity contribution >= 4 is 22.6 Å². The normalized spacial score (nSPS) is 25.7. The van der Waals surface area contributed by atoms with Gasteiger partial charge in [0.05, 0.1) is 0 Å². The van der Waals surface area contributed by atoms with Crippen molar-refractivity contribution in [3.8, 4) is 0 Å². The molecule has 0 aromatic heterocycles. The molecule has 1 fully saturated rings. The summed E-state index contributed by atoms with van der Waals surface area (Å²) in [5.74, 6) is 0.694. The molecule has 0 aliphatic heterocycles. The Morgan fingerprint density at radius 3 is 2.19 bits per heavy atom. The summed E-state index contributed by atoms with van der Waals surface area (Å²) >= 11 is 2.35. The summed E-state index contributed by atoms with van der Waals surface area (Å²) in [5, 5.41) is 0. The van der Waals surface area contributed by atoms with Crippen molar-refractivity contribution in [2.75, 3.05) is 0 Å². The summed E-state index contributed by atoms with van der Waals surface area (Å²) in [6, 6.07) is 19.7. The van der Waals surface area contributed by atoms with Gasteiger partial charge in [-0.15, -0.1) is 0 Å². The zero-order valence-electron chi connectivity index (χ0n) is 12.3. The molecule has 0 radical (unpaired) electrons. The van der Waals surface area contributed by atoms with Gasteiger partial charge in [0, 0.05) is 9.11 Å². The van der Waals surface area contributed by atoms with E-state index < -0.39 is 0 Å². The van der Waals surface area contributed by atoms with Crippen LogP contribution < -0.4 is 5.73 Å². The molecule has 0 spiro atoms. The van der Waals surface area contributed by atoms with E-state index in [9.17, 15) is 0 Å². The molecule has 2 aromatic carbocycles. The molecule has 0 saturated heterocycles. The number of rotatable bonds is 3. The van der Waals surface area contributed by atoms with Crippen molar-refractivity contribution in [1.29, 1.82) is 0 Å². The van der Waals surface area contributed by atoms with E-state index in [0.29, 0.717) is 5.92 Å². The molecule has 1 aliphatic carbocycles. The topological polar surface area (TPSA) is 26.0 Å². The maximum Gasteiger partial charge on any atom is 0.0195 e. The summed E-state index contributed by atoms with van der Waals surface area (Å²) in [6.07, 6.45) is 5.68. The fraction of sp³-hybridized carbons (Fsp3) is 0.368. The van der Waals surface area contributed by atoms with Gasteiger partial charge in [-0.05, 0) is 83.9 Å². The van der Waals surface area contributed by atoms with Gasteiger partial charge in [-0.3, -0.25) is 0 Å². The van der Waals surface area contributed by atoms with Crippen molar-refractivity contribution < 1.29 is 0 Å². The Morgan fingerprint density at radius 2 is 1.57 bits per heavy atom. The molecule has 0 bridgehead atoms. The van der Waals surface area contributed by atoms with Crippen LogP contribution in [-0.4, -0.2) is 5.54 Å². The molecule has 1 aliphatic rings. The largest absolute Gasteiger partial charge is 0.325 e. The second-order valence-electron chi connectivity index (χ2n) is 6.35. The van der Waals surface area contributed by atoms with E-state index >= 15 is 0 Å². The molecule has 0 unspecified atom stereocenters. The Bertz CT molecular complexity index is 568. The van der Waals surface area contributed by atoms with Crippen molar-refractivity contribution in [1.82, 2.24) is 0 Å². The van der Waals surface area contributed by atoms with Gasteiger partial charge >= 0.3 is 0 Å². The fourth-order valence-electron chi connectivity index (χ4n) is 3.44. The average Bonchev–Trinajstić information content (AvgIpc) is 2.51. The van der Waals surface area contributed by atoms with E-state index in [2.05, 4.69) is 77.2 Å². The standard InChI is InChI=1S/C19H22IN/c20-18-8-6-15(7-9-18)14-19(21)12-10-17(11-13-19)16-4-2-1-3-5-16/h1-9,17H,10-14,21H2. The van der Waals surface area contributed by atoms with Crippen LogP contribution in [0.15, 0.2) is 54.6 Å². The highest BCUT2D eigenvalue weighted by molar-refractivity contribution is 14.1. The Labute approximate surface area is 141 Å². The molecule has 0 atom stereocenters. The first-order chi connectivity index (χ1) is 10.1. The van der Waals surface area contributed by atoms with Crippen LogP contribution in [0.2, 0.25) is 0 Å². The highest BCUT2D eigenvalue weighted by Crippen LogP contribution is 2.38. The van der Waals surface area contributed by atoms with Crippen molar-refractivity contribution in [3.63, 3.8) is 0 Å². The molecule has 2 aromatic rings. The van der Waals surface area contributed by atoms with Gasteiger partial charge < -0.3 is 5.73 Å². The zero-order valence-corrected chi connectivity index (χ0v) is 14.4. The van der Waals surface area contributed by atoms with Crippen LogP contribution in [0.3, 0.4) is 0 Å². The SMILES string of the molecule is NC1(Cc2ccc(I)cc2)CCC(c2ccccc2)CC1. The first-order valence-corrected chi connectivity index (χ1v) is 8.81. The van der Waals surface area contributed by atoms with Gasteiger partial charge in [0.25, 0.3) is 0 Å². The molecule has 0 heterocycles. The maximum atomic E-state index is 6.67. The van der Waals surface area contributed by atoms with Crippen molar-refractivity contribution in [3.05, 3.63) is 69.3 Å². The minimum atomic E-state index is -0.0158. The second kappa shape index (κ2) is 6.49. The Kier molecular flexibility index (Phi) is 4.65. The minimum absolute atomic E-state index is 0.0158. The summed E-state index contributed by atoms with van der Waals surface area (Å²) in [5.41, 5.74) is 9.50. The van der Waals surface area contributed by atoms with Gasteiger partial charge in [-0.25, -0.2) is 0 Å². The third-order valence-corrected chi connectivity index (χ3v) is 5.44. The summed E-state index contributed by atoms with van der Waals surface area (Å²) in [7, 11) is 0. The van der Waals surface area contributed by atoms with E-state index in [4.69, 9.17) is 5.73 Å². The highest BCUT2D eigenvalue weighted by atomic mass is 127. The van der Waals surface area contributed by atoms with Crippen LogP contribution in [0.4, 0.5) is 0 Å². The van der Waals surface area contributed by atoms with Crippen LogP contribution in [-0.2, 0) is 6.42 Å². The summed E-state index contributed by atoms with van der Waals surface area (Å²) in [6.45, 7) is 0. The predicted octanol–water partition coefficient (Wildman–Crippen LogP) is 4.89. The number of nitrogens with two attached hydrogens (primary N) is 1. The number of hydrogen-bond donors (Lipinski definition) is 1. The lowest BCUT2D eigenvalue weighted by Gasteiger charge is -2.37. The van der Waals surface area contributed by atoms with Crippen LogP contribution in [0.5, 0.6) is 0 Å².